The average molecular weight is 1480 g/mol. The van der Waals surface area contributed by atoms with Gasteiger partial charge in [0.15, 0.2) is 0 Å². The molecule has 0 unspecified atom stereocenters. The summed E-state index contributed by atoms with van der Waals surface area (Å²) < 4.78 is 0. The molecular weight excluding hydrogens is 1360 g/mol. The molecule has 112 heavy (non-hydrogen) atoms. The molecule has 0 saturated heterocycles. The predicted molar refractivity (Wildman–Crippen MR) is 485 cm³/mol. The maximum Gasteiger partial charge on any atom is 0.0769 e. The minimum Gasteiger partial charge on any atom is -0.354 e. The Balaban J connectivity index is 0.967. The third kappa shape index (κ3) is 13.5. The van der Waals surface area contributed by atoms with Crippen molar-refractivity contribution < 1.29 is 0 Å². The van der Waals surface area contributed by atoms with Crippen LogP contribution in [0.25, 0.3) is 144 Å². The number of nitrogens with one attached hydrogen (secondary N) is 4. The van der Waals surface area contributed by atoms with Gasteiger partial charge in [-0.05, 0) is 297 Å². The first-order valence-corrected chi connectivity index (χ1v) is 41.9. The lowest BCUT2D eigenvalue weighted by Gasteiger charge is -2.26. The second-order valence-corrected chi connectivity index (χ2v) is 36.5. The second kappa shape index (κ2) is 29.2. The van der Waals surface area contributed by atoms with E-state index in [2.05, 4.69) is 323 Å². The number of aromatic amines is 4. The highest BCUT2D eigenvalue weighted by atomic mass is 14.8. The maximum absolute atomic E-state index is 5.85. The number of H-pyrrole nitrogens is 4. The van der Waals surface area contributed by atoms with E-state index in [1.54, 1.807) is 0 Å². The van der Waals surface area contributed by atoms with Crippen molar-refractivity contribution in [1.82, 2.24) is 39.9 Å². The Morgan fingerprint density at radius 3 is 0.625 bits per heavy atom. The maximum atomic E-state index is 5.85. The van der Waals surface area contributed by atoms with Crippen LogP contribution in [0.1, 0.15) is 304 Å². The molecule has 0 radical (unpaired) electrons. The Morgan fingerprint density at radius 1 is 0.241 bits per heavy atom. The number of hydrogen-bond donors (Lipinski definition) is 4. The lowest BCUT2D eigenvalue weighted by atomic mass is 9.78. The molecule has 10 heterocycles. The molecule has 16 bridgehead atoms. The number of benzene rings is 4. The highest BCUT2D eigenvalue weighted by Gasteiger charge is 2.32. The average Bonchev–Trinajstić information content (AvgIpc) is 1.64. The van der Waals surface area contributed by atoms with Crippen molar-refractivity contribution in [2.24, 2.45) is 0 Å². The minimum absolute atomic E-state index is 0.0752. The van der Waals surface area contributed by atoms with Gasteiger partial charge >= 0.3 is 0 Å². The SMILES string of the molecule is CCC1=C(C)c2nc1cc1[nH]c(c(C)c1CC)c(-c1ccc(-c3ccc(-c4c5nc(cc6[nH]c(c(C)c6CC)c(-c6cc(C(C)(C)C)cc(C(C)(C)C)c6)c6nc(cc7[nH]c4c(C)c7CC)C(CC)=C6C)C(CC)=C5C)cc3)cc1)c1nc(cc3[nH]c(c(C)c3CC)c2-c2cc(C(C)(C)C)cc(C(C)(C)C)c2)C(CC)=C1C. The Morgan fingerprint density at radius 2 is 0.438 bits per heavy atom. The van der Waals surface area contributed by atoms with Gasteiger partial charge in [-0.15, -0.1) is 0 Å². The van der Waals surface area contributed by atoms with Gasteiger partial charge in [-0.25, -0.2) is 19.9 Å². The van der Waals surface area contributed by atoms with E-state index in [9.17, 15) is 0 Å². The molecule has 0 aliphatic carbocycles. The fraction of sp³-hybridized carbons (Fsp3) is 0.385. The highest BCUT2D eigenvalue weighted by Crippen LogP contribution is 2.50. The van der Waals surface area contributed by atoms with E-state index >= 15 is 0 Å². The zero-order chi connectivity index (χ0) is 80.6. The topological polar surface area (TPSA) is 115 Å². The van der Waals surface area contributed by atoms with Crippen molar-refractivity contribution in [2.45, 2.75) is 267 Å². The number of fused-ring (bicyclic) bond motifs is 16. The largest absolute Gasteiger partial charge is 0.354 e. The van der Waals surface area contributed by atoms with Crippen LogP contribution in [0.2, 0.25) is 0 Å². The smallest absolute Gasteiger partial charge is 0.0769 e. The highest BCUT2D eigenvalue weighted by molar-refractivity contribution is 6.07. The van der Waals surface area contributed by atoms with Crippen molar-refractivity contribution in [3.63, 3.8) is 0 Å². The first-order chi connectivity index (χ1) is 53.0. The van der Waals surface area contributed by atoms with Gasteiger partial charge in [-0.3, -0.25) is 0 Å². The molecular formula is C104H122N8. The van der Waals surface area contributed by atoms with Gasteiger partial charge < -0.3 is 19.9 Å². The Bertz CT molecular complexity index is 5620. The molecule has 14 rings (SSSR count). The van der Waals surface area contributed by atoms with E-state index < -0.39 is 0 Å². The Hall–Kier alpha value is -9.92. The predicted octanol–water partition coefficient (Wildman–Crippen LogP) is 29.3. The van der Waals surface area contributed by atoms with Crippen molar-refractivity contribution in [2.75, 3.05) is 0 Å². The summed E-state index contributed by atoms with van der Waals surface area (Å²) in [5.74, 6) is 0. The summed E-state index contributed by atoms with van der Waals surface area (Å²) in [6, 6.07) is 42.7. The summed E-state index contributed by atoms with van der Waals surface area (Å²) in [5.41, 5.74) is 53.4. The van der Waals surface area contributed by atoms with E-state index in [1.807, 2.05) is 0 Å². The summed E-state index contributed by atoms with van der Waals surface area (Å²) in [6.45, 7) is 64.8. The number of hydrogen-bond acceptors (Lipinski definition) is 4. The summed E-state index contributed by atoms with van der Waals surface area (Å²) in [7, 11) is 0. The molecule has 0 fully saturated rings. The third-order valence-electron chi connectivity index (χ3n) is 25.5. The Kier molecular flexibility index (Phi) is 20.6. The van der Waals surface area contributed by atoms with Gasteiger partial charge in [-0.2, -0.15) is 0 Å². The number of rotatable bonds is 13. The molecule has 4 aliphatic rings. The van der Waals surface area contributed by atoms with Gasteiger partial charge in [0.05, 0.1) is 67.6 Å². The van der Waals surface area contributed by atoms with E-state index in [0.717, 1.165) is 186 Å². The first kappa shape index (κ1) is 78.8. The molecule has 8 heteroatoms. The van der Waals surface area contributed by atoms with Crippen LogP contribution < -0.4 is 0 Å². The fourth-order valence-electron chi connectivity index (χ4n) is 18.7. The van der Waals surface area contributed by atoms with Gasteiger partial charge in [0.25, 0.3) is 0 Å². The molecule has 4 N–H and O–H groups in total. The van der Waals surface area contributed by atoms with E-state index in [4.69, 9.17) is 19.9 Å². The zero-order valence-corrected chi connectivity index (χ0v) is 72.8. The third-order valence-corrected chi connectivity index (χ3v) is 25.5. The van der Waals surface area contributed by atoms with E-state index in [-0.39, 0.29) is 21.7 Å². The van der Waals surface area contributed by atoms with Crippen molar-refractivity contribution >= 4 is 88.7 Å². The van der Waals surface area contributed by atoms with Crippen LogP contribution >= 0.6 is 0 Å². The lowest BCUT2D eigenvalue weighted by molar-refractivity contribution is 0.568. The molecule has 4 aromatic carbocycles. The van der Waals surface area contributed by atoms with Crippen LogP contribution in [0.5, 0.6) is 0 Å². The van der Waals surface area contributed by atoms with Gasteiger partial charge in [0.1, 0.15) is 0 Å². The molecule has 0 atom stereocenters. The molecule has 6 aromatic heterocycles. The summed E-state index contributed by atoms with van der Waals surface area (Å²) in [5, 5.41) is 0. The molecule has 0 saturated carbocycles. The first-order valence-electron chi connectivity index (χ1n) is 41.9. The number of allylic oxidation sites excluding steroid dienone is 8. The van der Waals surface area contributed by atoms with Crippen LogP contribution in [-0.4, -0.2) is 39.9 Å². The standard InChI is InChI=1S/C104H122N8/c1-29-73-55(9)93-89(94-56(10)74(30-2)82(106-94)52-86-78(34-6)60(14)98(110-86)91(97-59(13)77(33-5)85(109-97)51-81(73)105-93)67-45-69(101(17,18)19)49-70(46-67)102(20,21)22)65-41-37-63(38-42-65)64-39-43-66(44-40-64)90-95-57(11)75(31-3)83(107-95)53-87-79(35-7)61(15)99(111-87)92(68-47-71(103(23,24)25)50-72(48-68)104(26,27)28)100-62(16)80(36-8)88(112-100)54-84-76(32-4)58(12)96(90)108-84/h37-54,105,107,110,112H,29-36H2,1-28H3. The van der Waals surface area contributed by atoms with Crippen LogP contribution in [0.15, 0.2) is 109 Å². The monoisotopic (exact) mass is 1480 g/mol. The van der Waals surface area contributed by atoms with E-state index in [1.165, 1.54) is 122 Å². The zero-order valence-electron chi connectivity index (χ0n) is 72.8. The van der Waals surface area contributed by atoms with Gasteiger partial charge in [0, 0.05) is 44.3 Å². The summed E-state index contributed by atoms with van der Waals surface area (Å²) in [4.78, 5) is 40.0. The van der Waals surface area contributed by atoms with Crippen LogP contribution in [0.4, 0.5) is 0 Å². The van der Waals surface area contributed by atoms with Gasteiger partial charge in [0.2, 0.25) is 0 Å². The fourth-order valence-corrected chi connectivity index (χ4v) is 18.7. The minimum atomic E-state index is -0.0752. The van der Waals surface area contributed by atoms with Crippen molar-refractivity contribution in [3.8, 4) is 55.6 Å². The van der Waals surface area contributed by atoms with Crippen molar-refractivity contribution in [1.29, 1.82) is 0 Å². The normalized spacial score (nSPS) is 13.9. The Labute approximate surface area is 668 Å². The lowest BCUT2D eigenvalue weighted by Crippen LogP contribution is -2.16. The molecule has 0 amide bonds. The second-order valence-electron chi connectivity index (χ2n) is 36.5. The van der Waals surface area contributed by atoms with Crippen LogP contribution in [0.3, 0.4) is 0 Å². The van der Waals surface area contributed by atoms with Crippen molar-refractivity contribution in [3.05, 3.63) is 222 Å². The molecule has 578 valence electrons. The summed E-state index contributed by atoms with van der Waals surface area (Å²) >= 11 is 0. The van der Waals surface area contributed by atoms with Crippen LogP contribution in [-0.2, 0) is 47.3 Å². The number of aryl methyl sites for hydroxylation is 8. The summed E-state index contributed by atoms with van der Waals surface area (Å²) in [6.07, 6.45) is 6.80. The van der Waals surface area contributed by atoms with Crippen LogP contribution in [0, 0.1) is 27.7 Å². The molecule has 10 aromatic rings. The quantitative estimate of drug-likeness (QED) is 0.0920. The number of aromatic nitrogens is 8. The number of nitrogens with zero attached hydrogens (tertiary/aromatic N) is 4. The molecule has 4 aliphatic heterocycles. The molecule has 0 spiro atoms. The molecule has 8 nitrogen and oxygen atoms in total. The van der Waals surface area contributed by atoms with E-state index in [0.29, 0.717) is 0 Å². The van der Waals surface area contributed by atoms with Gasteiger partial charge in [-0.1, -0.05) is 223 Å².